The van der Waals surface area contributed by atoms with Crippen LogP contribution in [0.5, 0.6) is 0 Å². The monoisotopic (exact) mass is 1310 g/mol. The number of carbonyl (C=O) groups excluding carboxylic acids is 1. The predicted molar refractivity (Wildman–Crippen MR) is 383 cm³/mol. The van der Waals surface area contributed by atoms with Crippen LogP contribution in [0.3, 0.4) is 0 Å². The summed E-state index contributed by atoms with van der Waals surface area (Å²) < 4.78 is 22.9. The van der Waals surface area contributed by atoms with E-state index < -0.39 is 86.8 Å². The third-order valence-corrected chi connectivity index (χ3v) is 18.1. The summed E-state index contributed by atoms with van der Waals surface area (Å²) in [5.41, 5.74) is 0. The number of ether oxygens (including phenoxy) is 4. The summed E-state index contributed by atoms with van der Waals surface area (Å²) in [6, 6.07) is -0.835. The number of allylic oxidation sites excluding steroid dienone is 16. The van der Waals surface area contributed by atoms with Gasteiger partial charge in [-0.3, -0.25) is 4.79 Å². The van der Waals surface area contributed by atoms with Crippen molar-refractivity contribution in [1.82, 2.24) is 5.32 Å². The molecule has 14 heteroatoms. The lowest BCUT2D eigenvalue weighted by Gasteiger charge is -2.46. The molecular formula is C79H139NO13. The van der Waals surface area contributed by atoms with E-state index in [4.69, 9.17) is 18.9 Å². The summed E-state index contributed by atoms with van der Waals surface area (Å²) in [4.78, 5) is 13.4. The Kier molecular flexibility index (Phi) is 57.7. The van der Waals surface area contributed by atoms with Gasteiger partial charge >= 0.3 is 0 Å². The van der Waals surface area contributed by atoms with Crippen molar-refractivity contribution in [2.24, 2.45) is 0 Å². The fourth-order valence-corrected chi connectivity index (χ4v) is 12.1. The van der Waals surface area contributed by atoms with Crippen LogP contribution in [0.1, 0.15) is 303 Å². The number of aliphatic hydroxyl groups excluding tert-OH is 8. The van der Waals surface area contributed by atoms with Gasteiger partial charge < -0.3 is 65.1 Å². The normalized spacial score (nSPS) is 23.1. The number of carbonyl (C=O) groups is 1. The van der Waals surface area contributed by atoms with E-state index in [1.807, 2.05) is 0 Å². The molecule has 2 aliphatic heterocycles. The van der Waals surface area contributed by atoms with Crippen molar-refractivity contribution in [3.8, 4) is 0 Å². The van der Waals surface area contributed by atoms with Crippen molar-refractivity contribution in [3.05, 3.63) is 97.2 Å². The first kappa shape index (κ1) is 86.0. The second kappa shape index (κ2) is 62.4. The molecule has 2 saturated heterocycles. The van der Waals surface area contributed by atoms with Gasteiger partial charge in [-0.2, -0.15) is 0 Å². The van der Waals surface area contributed by atoms with Gasteiger partial charge in [0, 0.05) is 6.42 Å². The van der Waals surface area contributed by atoms with Crippen LogP contribution in [-0.4, -0.2) is 140 Å². The lowest BCUT2D eigenvalue weighted by molar-refractivity contribution is -0.359. The van der Waals surface area contributed by atoms with E-state index in [-0.39, 0.29) is 12.5 Å². The molecular weight excluding hydrogens is 1170 g/mol. The zero-order chi connectivity index (χ0) is 67.3. The zero-order valence-electron chi connectivity index (χ0n) is 58.7. The molecule has 2 fully saturated rings. The average Bonchev–Trinajstić information content (AvgIpc) is 0.854. The highest BCUT2D eigenvalue weighted by atomic mass is 16.7. The van der Waals surface area contributed by atoms with Gasteiger partial charge in [-0.05, 0) is 77.0 Å². The highest BCUT2D eigenvalue weighted by Crippen LogP contribution is 2.30. The molecule has 0 spiro atoms. The molecule has 538 valence electrons. The average molecular weight is 1310 g/mol. The lowest BCUT2D eigenvalue weighted by Crippen LogP contribution is -2.65. The Balaban J connectivity index is 1.60. The summed E-state index contributed by atoms with van der Waals surface area (Å²) in [5, 5.41) is 87.7. The lowest BCUT2D eigenvalue weighted by atomic mass is 9.97. The van der Waals surface area contributed by atoms with Crippen molar-refractivity contribution in [2.75, 3.05) is 19.8 Å². The van der Waals surface area contributed by atoms with Crippen LogP contribution in [0.15, 0.2) is 97.2 Å². The van der Waals surface area contributed by atoms with Crippen LogP contribution in [0.25, 0.3) is 0 Å². The summed E-state index contributed by atoms with van der Waals surface area (Å²) in [5.74, 6) is -0.207. The van der Waals surface area contributed by atoms with Crippen LogP contribution >= 0.6 is 0 Å². The van der Waals surface area contributed by atoms with Crippen LogP contribution in [0.2, 0.25) is 0 Å². The van der Waals surface area contributed by atoms with Gasteiger partial charge in [0.2, 0.25) is 5.91 Å². The van der Waals surface area contributed by atoms with Crippen molar-refractivity contribution in [3.63, 3.8) is 0 Å². The minimum atomic E-state index is -1.79. The maximum absolute atomic E-state index is 13.4. The molecule has 14 nitrogen and oxygen atoms in total. The molecule has 9 N–H and O–H groups in total. The van der Waals surface area contributed by atoms with E-state index in [1.54, 1.807) is 0 Å². The Hall–Kier alpha value is -3.09. The fraction of sp³-hybridized carbons (Fsp3) is 0.785. The molecule has 0 saturated carbocycles. The van der Waals surface area contributed by atoms with Crippen LogP contribution in [0, 0.1) is 0 Å². The van der Waals surface area contributed by atoms with E-state index in [0.29, 0.717) is 12.8 Å². The highest BCUT2D eigenvalue weighted by molar-refractivity contribution is 5.76. The Labute approximate surface area is 566 Å². The van der Waals surface area contributed by atoms with E-state index in [1.165, 1.54) is 173 Å². The molecule has 0 aromatic rings. The van der Waals surface area contributed by atoms with Crippen molar-refractivity contribution < 1.29 is 64.6 Å². The number of unbranched alkanes of at least 4 members (excludes halogenated alkanes) is 33. The molecule has 0 aromatic heterocycles. The van der Waals surface area contributed by atoms with Gasteiger partial charge in [0.25, 0.3) is 0 Å². The first-order chi connectivity index (χ1) is 45.6. The van der Waals surface area contributed by atoms with Gasteiger partial charge in [-0.25, -0.2) is 0 Å². The molecule has 0 radical (unpaired) electrons. The summed E-state index contributed by atoms with van der Waals surface area (Å²) in [6.45, 7) is 2.78. The third kappa shape index (κ3) is 45.9. The summed E-state index contributed by atoms with van der Waals surface area (Å²) >= 11 is 0. The SMILES string of the molecule is CC/C=C\C/C=C\C/C=C\C/C=C\C/C=C\C/C=C\C/C=C\C/C=C\CCCCCCCCCCCCCCCCC(=O)NC(COC1OC(CO)C(OC2OC(CO)C(O)C(O)C2O)C(O)C1O)C(O)CCCCCCCCCCCCCCCCCCCCCC. The minimum absolute atomic E-state index is 0.207. The van der Waals surface area contributed by atoms with Gasteiger partial charge in [0.05, 0.1) is 32.0 Å². The number of hydrogen-bond acceptors (Lipinski definition) is 13. The fourth-order valence-electron chi connectivity index (χ4n) is 12.1. The first-order valence-electron chi connectivity index (χ1n) is 38.0. The van der Waals surface area contributed by atoms with E-state index in [2.05, 4.69) is 116 Å². The number of nitrogens with one attached hydrogen (secondary N) is 1. The molecule has 0 bridgehead atoms. The van der Waals surface area contributed by atoms with Gasteiger partial charge in [-0.15, -0.1) is 0 Å². The second-order valence-electron chi connectivity index (χ2n) is 26.4. The molecule has 12 atom stereocenters. The second-order valence-corrected chi connectivity index (χ2v) is 26.4. The highest BCUT2D eigenvalue weighted by Gasteiger charge is 2.51. The zero-order valence-corrected chi connectivity index (χ0v) is 58.7. The minimum Gasteiger partial charge on any atom is -0.394 e. The summed E-state index contributed by atoms with van der Waals surface area (Å²) in [6.07, 6.45) is 71.4. The molecule has 0 aliphatic carbocycles. The van der Waals surface area contributed by atoms with E-state index in [0.717, 1.165) is 103 Å². The van der Waals surface area contributed by atoms with Crippen molar-refractivity contribution in [1.29, 1.82) is 0 Å². The van der Waals surface area contributed by atoms with E-state index in [9.17, 15) is 45.6 Å². The van der Waals surface area contributed by atoms with Crippen LogP contribution in [0.4, 0.5) is 0 Å². The molecule has 2 rings (SSSR count). The Morgan fingerprint density at radius 3 is 1.14 bits per heavy atom. The largest absolute Gasteiger partial charge is 0.394 e. The van der Waals surface area contributed by atoms with Crippen molar-refractivity contribution >= 4 is 5.91 Å². The number of amides is 1. The Bertz CT molecular complexity index is 1930. The topological polar surface area (TPSA) is 228 Å². The van der Waals surface area contributed by atoms with E-state index >= 15 is 0 Å². The smallest absolute Gasteiger partial charge is 0.220 e. The Morgan fingerprint density at radius 2 is 0.742 bits per heavy atom. The van der Waals surface area contributed by atoms with Gasteiger partial charge in [0.15, 0.2) is 12.6 Å². The predicted octanol–water partition coefficient (Wildman–Crippen LogP) is 16.5. The molecule has 0 aromatic carbocycles. The quantitative estimate of drug-likeness (QED) is 0.0204. The van der Waals surface area contributed by atoms with Crippen LogP contribution in [-0.2, 0) is 23.7 Å². The van der Waals surface area contributed by atoms with Gasteiger partial charge in [0.1, 0.15) is 48.8 Å². The van der Waals surface area contributed by atoms with Crippen LogP contribution < -0.4 is 5.32 Å². The number of hydrogen-bond donors (Lipinski definition) is 9. The molecule has 12 unspecified atom stereocenters. The Morgan fingerprint density at radius 1 is 0.398 bits per heavy atom. The maximum Gasteiger partial charge on any atom is 0.220 e. The molecule has 1 amide bonds. The first-order valence-corrected chi connectivity index (χ1v) is 38.0. The third-order valence-electron chi connectivity index (χ3n) is 18.1. The van der Waals surface area contributed by atoms with Crippen molar-refractivity contribution in [2.45, 2.75) is 376 Å². The molecule has 2 aliphatic rings. The van der Waals surface area contributed by atoms with Gasteiger partial charge in [-0.1, -0.05) is 317 Å². The maximum atomic E-state index is 13.4. The number of aliphatic hydroxyl groups is 8. The number of rotatable bonds is 62. The molecule has 2 heterocycles. The summed E-state index contributed by atoms with van der Waals surface area (Å²) in [7, 11) is 0. The standard InChI is InChI=1S/C79H139NO13/c1-3-5-7-9-11-13-15-17-19-21-23-25-26-27-28-29-30-31-32-33-34-35-36-37-38-39-40-41-42-43-45-47-49-51-53-55-57-59-61-63-71(84)80-67(68(83)62-60-58-56-54-52-50-48-46-44-24-22-20-18-16-14-12-10-8-6-4-2)66-90-78-76(89)74(87)77(70(65-82)92-78)93-79-75(88)73(86)72(85)69(64-81)91-79/h5,7,11,13,17,19,23,25,27-28,30-31,33-34,36-37,67-70,72-79,81-83,85-89H,3-4,6,8-10,12,14-16,18,20-22,24,26,29,32,35,38-66H2,1-2H3,(H,80,84)/b7-5-,13-11-,19-17-,25-23-,28-27-,31-30-,34-33-,37-36-. The molecule has 93 heavy (non-hydrogen) atoms.